The molecule has 14 heavy (non-hydrogen) atoms. The van der Waals surface area contributed by atoms with Gasteiger partial charge in [0.15, 0.2) is 5.69 Å². The van der Waals surface area contributed by atoms with Crippen LogP contribution in [0.3, 0.4) is 0 Å². The van der Waals surface area contributed by atoms with E-state index in [2.05, 4.69) is 16.9 Å². The minimum atomic E-state index is 0.378. The number of unbranched alkanes of at least 4 members (excludes halogenated alkanes) is 2. The fourth-order valence-electron chi connectivity index (χ4n) is 0.977. The minimum Gasteiger partial charge on any atom is -0.245 e. The lowest BCUT2D eigenvalue weighted by Gasteiger charge is -1.98. The first-order chi connectivity index (χ1) is 6.86. The molecule has 0 unspecified atom stereocenters. The van der Waals surface area contributed by atoms with Crippen LogP contribution < -0.4 is 0 Å². The third-order valence-corrected chi connectivity index (χ3v) is 2.74. The first-order valence-electron chi connectivity index (χ1n) is 4.71. The summed E-state index contributed by atoms with van der Waals surface area (Å²) in [4.78, 5) is 8.08. The Labute approximate surface area is 88.6 Å². The zero-order chi connectivity index (χ0) is 10.2. The van der Waals surface area contributed by atoms with Crippen LogP contribution in [-0.4, -0.2) is 15.7 Å². The number of nitrogens with zero attached hydrogens (tertiary/aromatic N) is 3. The van der Waals surface area contributed by atoms with Gasteiger partial charge in [0.1, 0.15) is 11.1 Å². The predicted octanol–water partition coefficient (Wildman–Crippen LogP) is 2.63. The van der Waals surface area contributed by atoms with E-state index in [-0.39, 0.29) is 0 Å². The molecule has 0 aliphatic heterocycles. The first-order valence-corrected chi connectivity index (χ1v) is 5.70. The largest absolute Gasteiger partial charge is 0.245 e. The van der Waals surface area contributed by atoms with Crippen LogP contribution in [0.2, 0.25) is 0 Å². The molecule has 0 bridgehead atoms. The Morgan fingerprint density at radius 3 is 2.79 bits per heavy atom. The first kappa shape index (κ1) is 11.0. The minimum absolute atomic E-state index is 0.378. The van der Waals surface area contributed by atoms with Crippen LogP contribution in [0.1, 0.15) is 31.9 Å². The number of rotatable bonds is 5. The Bertz CT molecular complexity index is 302. The van der Waals surface area contributed by atoms with Crippen molar-refractivity contribution in [1.82, 2.24) is 9.97 Å². The molecular weight excluding hydrogens is 194 g/mol. The van der Waals surface area contributed by atoms with Crippen LogP contribution in [0.15, 0.2) is 17.4 Å². The maximum atomic E-state index is 8.52. The van der Waals surface area contributed by atoms with E-state index in [0.29, 0.717) is 5.69 Å². The van der Waals surface area contributed by atoms with Crippen LogP contribution in [0.4, 0.5) is 0 Å². The predicted molar refractivity (Wildman–Crippen MR) is 57.0 cm³/mol. The quantitative estimate of drug-likeness (QED) is 0.550. The van der Waals surface area contributed by atoms with Crippen LogP contribution in [0.5, 0.6) is 0 Å². The van der Waals surface area contributed by atoms with E-state index < -0.39 is 0 Å². The van der Waals surface area contributed by atoms with Gasteiger partial charge in [-0.1, -0.05) is 19.8 Å². The molecule has 1 rings (SSSR count). The lowest BCUT2D eigenvalue weighted by Crippen LogP contribution is -1.88. The van der Waals surface area contributed by atoms with Gasteiger partial charge in [-0.2, -0.15) is 5.26 Å². The molecule has 0 aromatic carbocycles. The number of hydrogen-bond acceptors (Lipinski definition) is 4. The molecule has 1 aromatic heterocycles. The smallest absolute Gasteiger partial charge is 0.158 e. The summed E-state index contributed by atoms with van der Waals surface area (Å²) in [6.45, 7) is 2.19. The number of thioether (sulfide) groups is 1. The molecule has 0 amide bonds. The molecule has 0 saturated heterocycles. The summed E-state index contributed by atoms with van der Waals surface area (Å²) >= 11 is 1.70. The second-order valence-corrected chi connectivity index (χ2v) is 4.02. The van der Waals surface area contributed by atoms with Gasteiger partial charge in [-0.3, -0.25) is 0 Å². The Kier molecular flexibility index (Phi) is 5.02. The van der Waals surface area contributed by atoms with Crippen LogP contribution in [0, 0.1) is 11.3 Å². The summed E-state index contributed by atoms with van der Waals surface area (Å²) in [5, 5.41) is 9.42. The molecule has 0 N–H and O–H groups in total. The summed E-state index contributed by atoms with van der Waals surface area (Å²) in [6.07, 6.45) is 6.89. The standard InChI is InChI=1S/C10H13N3S/c1-2-3-4-5-14-10-8-12-9(6-11)7-13-10/h7-8H,2-5H2,1H3. The molecule has 0 fully saturated rings. The van der Waals surface area contributed by atoms with Crippen molar-refractivity contribution >= 4 is 11.8 Å². The molecule has 0 aliphatic carbocycles. The lowest BCUT2D eigenvalue weighted by atomic mass is 10.3. The molecule has 1 aromatic rings. The summed E-state index contributed by atoms with van der Waals surface area (Å²) in [6, 6.07) is 1.95. The maximum absolute atomic E-state index is 8.52. The van der Waals surface area contributed by atoms with E-state index >= 15 is 0 Å². The maximum Gasteiger partial charge on any atom is 0.158 e. The molecular formula is C10H13N3S. The Morgan fingerprint density at radius 2 is 2.21 bits per heavy atom. The van der Waals surface area contributed by atoms with E-state index in [4.69, 9.17) is 5.26 Å². The molecule has 74 valence electrons. The Hall–Kier alpha value is -1.08. The molecule has 3 nitrogen and oxygen atoms in total. The van der Waals surface area contributed by atoms with Gasteiger partial charge in [-0.15, -0.1) is 11.8 Å². The number of hydrogen-bond donors (Lipinski definition) is 0. The van der Waals surface area contributed by atoms with Gasteiger partial charge in [0, 0.05) is 0 Å². The van der Waals surface area contributed by atoms with E-state index in [1.807, 2.05) is 6.07 Å². The second-order valence-electron chi connectivity index (χ2n) is 2.91. The highest BCUT2D eigenvalue weighted by molar-refractivity contribution is 7.99. The normalized spacial score (nSPS) is 9.71. The molecule has 0 atom stereocenters. The highest BCUT2D eigenvalue weighted by atomic mass is 32.2. The number of aromatic nitrogens is 2. The van der Waals surface area contributed by atoms with E-state index in [9.17, 15) is 0 Å². The third kappa shape index (κ3) is 3.75. The molecule has 0 spiro atoms. The molecule has 0 radical (unpaired) electrons. The van der Waals surface area contributed by atoms with Gasteiger partial charge >= 0.3 is 0 Å². The van der Waals surface area contributed by atoms with Gasteiger partial charge in [0.2, 0.25) is 0 Å². The highest BCUT2D eigenvalue weighted by Crippen LogP contribution is 2.15. The average Bonchev–Trinajstić information content (AvgIpc) is 2.25. The van der Waals surface area contributed by atoms with Crippen LogP contribution >= 0.6 is 11.8 Å². The van der Waals surface area contributed by atoms with E-state index in [1.165, 1.54) is 25.5 Å². The SMILES string of the molecule is CCCCCSc1cnc(C#N)cn1. The van der Waals surface area contributed by atoms with Crippen molar-refractivity contribution in [3.8, 4) is 6.07 Å². The van der Waals surface area contributed by atoms with Crippen molar-refractivity contribution in [2.24, 2.45) is 0 Å². The van der Waals surface area contributed by atoms with Gasteiger partial charge in [-0.25, -0.2) is 9.97 Å². The zero-order valence-corrected chi connectivity index (χ0v) is 9.05. The van der Waals surface area contributed by atoms with Crippen molar-refractivity contribution in [2.45, 2.75) is 31.2 Å². The van der Waals surface area contributed by atoms with Crippen molar-refractivity contribution in [3.05, 3.63) is 18.1 Å². The molecule has 1 heterocycles. The summed E-state index contributed by atoms with van der Waals surface area (Å²) in [5.41, 5.74) is 0.378. The van der Waals surface area contributed by atoms with Gasteiger partial charge in [-0.05, 0) is 12.2 Å². The van der Waals surface area contributed by atoms with Gasteiger partial charge in [0.25, 0.3) is 0 Å². The molecule has 0 aliphatic rings. The second kappa shape index (κ2) is 6.39. The zero-order valence-electron chi connectivity index (χ0n) is 8.23. The van der Waals surface area contributed by atoms with Crippen molar-refractivity contribution in [1.29, 1.82) is 5.26 Å². The fraction of sp³-hybridized carbons (Fsp3) is 0.500. The fourth-order valence-corrected chi connectivity index (χ4v) is 1.79. The van der Waals surface area contributed by atoms with Crippen LogP contribution in [-0.2, 0) is 0 Å². The van der Waals surface area contributed by atoms with E-state index in [1.54, 1.807) is 18.0 Å². The highest BCUT2D eigenvalue weighted by Gasteiger charge is 1.96. The monoisotopic (exact) mass is 207 g/mol. The van der Waals surface area contributed by atoms with E-state index in [0.717, 1.165) is 10.8 Å². The lowest BCUT2D eigenvalue weighted by molar-refractivity contribution is 0.778. The molecule has 4 heteroatoms. The molecule has 0 saturated carbocycles. The van der Waals surface area contributed by atoms with Gasteiger partial charge < -0.3 is 0 Å². The third-order valence-electron chi connectivity index (χ3n) is 1.74. The van der Waals surface area contributed by atoms with Crippen LogP contribution in [0.25, 0.3) is 0 Å². The van der Waals surface area contributed by atoms with Crippen molar-refractivity contribution in [3.63, 3.8) is 0 Å². The summed E-state index contributed by atoms with van der Waals surface area (Å²) < 4.78 is 0. The van der Waals surface area contributed by atoms with Gasteiger partial charge in [0.05, 0.1) is 12.4 Å². The Balaban J connectivity index is 2.33. The summed E-state index contributed by atoms with van der Waals surface area (Å²) in [7, 11) is 0. The average molecular weight is 207 g/mol. The Morgan fingerprint density at radius 1 is 1.36 bits per heavy atom. The topological polar surface area (TPSA) is 49.6 Å². The number of nitriles is 1. The van der Waals surface area contributed by atoms with Crippen molar-refractivity contribution in [2.75, 3.05) is 5.75 Å². The summed E-state index contributed by atoms with van der Waals surface area (Å²) in [5.74, 6) is 1.08. The van der Waals surface area contributed by atoms with Crippen molar-refractivity contribution < 1.29 is 0 Å².